The number of carbonyl (C=O) groups is 1. The number of benzene rings is 2. The zero-order valence-electron chi connectivity index (χ0n) is 14.3. The van der Waals surface area contributed by atoms with Gasteiger partial charge in [-0.1, -0.05) is 18.2 Å². The van der Waals surface area contributed by atoms with Crippen LogP contribution < -0.4 is 21.3 Å². The van der Waals surface area contributed by atoms with Gasteiger partial charge in [0.25, 0.3) is 0 Å². The van der Waals surface area contributed by atoms with Crippen LogP contribution in [0.5, 0.6) is 5.75 Å². The van der Waals surface area contributed by atoms with Gasteiger partial charge < -0.3 is 10.1 Å². The Balaban J connectivity index is 1.74. The van der Waals surface area contributed by atoms with Crippen LogP contribution in [0, 0.1) is 6.92 Å². The average Bonchev–Trinajstić information content (AvgIpc) is 2.68. The number of aromatic nitrogens is 2. The van der Waals surface area contributed by atoms with Crippen LogP contribution in [0.25, 0.3) is 11.4 Å². The quantitative estimate of drug-likeness (QED) is 0.373. The van der Waals surface area contributed by atoms with Crippen molar-refractivity contribution in [2.24, 2.45) is 5.84 Å². The van der Waals surface area contributed by atoms with E-state index in [4.69, 9.17) is 10.6 Å². The van der Waals surface area contributed by atoms with Gasteiger partial charge in [0, 0.05) is 29.2 Å². The zero-order chi connectivity index (χ0) is 18.4. The molecule has 0 saturated heterocycles. The molecule has 3 rings (SSSR count). The van der Waals surface area contributed by atoms with Gasteiger partial charge in [-0.3, -0.25) is 5.43 Å². The molecule has 3 aromatic rings. The van der Waals surface area contributed by atoms with Gasteiger partial charge in [-0.05, 0) is 42.8 Å². The highest BCUT2D eigenvalue weighted by molar-refractivity contribution is 5.89. The number of nitrogens with zero attached hydrogens (tertiary/aromatic N) is 2. The van der Waals surface area contributed by atoms with Gasteiger partial charge in [0.2, 0.25) is 0 Å². The minimum atomic E-state index is -0.485. The molecule has 2 aromatic carbocycles. The topological polar surface area (TPSA) is 102 Å². The highest BCUT2D eigenvalue weighted by Gasteiger charge is 2.08. The lowest BCUT2D eigenvalue weighted by Gasteiger charge is -2.13. The van der Waals surface area contributed by atoms with Gasteiger partial charge in [0.1, 0.15) is 12.4 Å². The van der Waals surface area contributed by atoms with Gasteiger partial charge in [0.05, 0.1) is 0 Å². The Morgan fingerprint density at radius 2 is 1.88 bits per heavy atom. The maximum Gasteiger partial charge on any atom is 0.333 e. The normalized spacial score (nSPS) is 10.2. The molecule has 132 valence electrons. The number of aryl methyl sites for hydroxylation is 1. The molecule has 0 radical (unpaired) electrons. The molecule has 4 N–H and O–H groups in total. The lowest BCUT2D eigenvalue weighted by Crippen LogP contribution is -2.34. The summed E-state index contributed by atoms with van der Waals surface area (Å²) in [5, 5.41) is 2.67. The SMILES string of the molecule is Cc1cc(-c2ncccn2)ccc1OCc1ccccc1NC(=O)NN. The largest absolute Gasteiger partial charge is 0.489 e. The van der Waals surface area contributed by atoms with Crippen molar-refractivity contribution in [2.45, 2.75) is 13.5 Å². The first kappa shape index (κ1) is 17.4. The summed E-state index contributed by atoms with van der Waals surface area (Å²) in [7, 11) is 0. The molecule has 0 spiro atoms. The maximum atomic E-state index is 11.4. The number of nitrogens with one attached hydrogen (secondary N) is 2. The maximum absolute atomic E-state index is 11.4. The molecule has 0 unspecified atom stereocenters. The second-order valence-electron chi connectivity index (χ2n) is 5.60. The fraction of sp³-hybridized carbons (Fsp3) is 0.105. The number of hydrogen-bond donors (Lipinski definition) is 3. The summed E-state index contributed by atoms with van der Waals surface area (Å²) in [6.07, 6.45) is 3.42. The zero-order valence-corrected chi connectivity index (χ0v) is 14.3. The third-order valence-corrected chi connectivity index (χ3v) is 3.78. The van der Waals surface area contributed by atoms with Crippen LogP contribution in [0.2, 0.25) is 0 Å². The molecular weight excluding hydrogens is 330 g/mol. The van der Waals surface area contributed by atoms with Crippen LogP contribution in [0.3, 0.4) is 0 Å². The lowest BCUT2D eigenvalue weighted by atomic mass is 10.1. The minimum absolute atomic E-state index is 0.309. The standard InChI is InChI=1S/C19H19N5O2/c1-13-11-14(18-21-9-4-10-22-18)7-8-17(13)26-12-15-5-2-3-6-16(15)23-19(25)24-20/h2-11H,12,20H2,1H3,(H2,23,24,25). The number of carbonyl (C=O) groups excluding carboxylic acids is 1. The molecule has 7 heteroatoms. The summed E-state index contributed by atoms with van der Waals surface area (Å²) >= 11 is 0. The van der Waals surface area contributed by atoms with E-state index in [0.717, 1.165) is 22.4 Å². The van der Waals surface area contributed by atoms with Crippen molar-refractivity contribution in [1.29, 1.82) is 0 Å². The summed E-state index contributed by atoms with van der Waals surface area (Å²) < 4.78 is 5.93. The first-order chi connectivity index (χ1) is 12.7. The van der Waals surface area contributed by atoms with E-state index in [-0.39, 0.29) is 0 Å². The number of anilines is 1. The molecule has 0 aliphatic carbocycles. The Morgan fingerprint density at radius 3 is 2.62 bits per heavy atom. The van der Waals surface area contributed by atoms with Crippen LogP contribution in [0.4, 0.5) is 10.5 Å². The second kappa shape index (κ2) is 8.09. The van der Waals surface area contributed by atoms with Crippen molar-refractivity contribution < 1.29 is 9.53 Å². The van der Waals surface area contributed by atoms with E-state index in [1.165, 1.54) is 0 Å². The minimum Gasteiger partial charge on any atom is -0.489 e. The third-order valence-electron chi connectivity index (χ3n) is 3.78. The van der Waals surface area contributed by atoms with E-state index in [9.17, 15) is 4.79 Å². The number of hydrogen-bond acceptors (Lipinski definition) is 5. The van der Waals surface area contributed by atoms with Gasteiger partial charge in [-0.2, -0.15) is 0 Å². The van der Waals surface area contributed by atoms with Crippen LogP contribution in [-0.2, 0) is 6.61 Å². The number of urea groups is 1. The fourth-order valence-corrected chi connectivity index (χ4v) is 2.48. The average molecular weight is 349 g/mol. The van der Waals surface area contributed by atoms with Crippen molar-refractivity contribution in [1.82, 2.24) is 15.4 Å². The van der Waals surface area contributed by atoms with E-state index in [0.29, 0.717) is 18.1 Å². The molecule has 7 nitrogen and oxygen atoms in total. The Hall–Kier alpha value is -3.45. The Labute approximate surface area is 151 Å². The molecule has 0 aliphatic rings. The number of ether oxygens (including phenoxy) is 1. The summed E-state index contributed by atoms with van der Waals surface area (Å²) in [4.78, 5) is 19.9. The summed E-state index contributed by atoms with van der Waals surface area (Å²) in [5.41, 5.74) is 5.42. The Morgan fingerprint density at radius 1 is 1.12 bits per heavy atom. The summed E-state index contributed by atoms with van der Waals surface area (Å²) in [5.74, 6) is 6.54. The highest BCUT2D eigenvalue weighted by Crippen LogP contribution is 2.25. The summed E-state index contributed by atoms with van der Waals surface area (Å²) in [6.45, 7) is 2.27. The molecule has 0 aliphatic heterocycles. The highest BCUT2D eigenvalue weighted by atomic mass is 16.5. The molecule has 0 atom stereocenters. The Kier molecular flexibility index (Phi) is 5.40. The van der Waals surface area contributed by atoms with E-state index in [2.05, 4.69) is 15.3 Å². The predicted molar refractivity (Wildman–Crippen MR) is 99.3 cm³/mol. The van der Waals surface area contributed by atoms with Crippen molar-refractivity contribution in [3.8, 4) is 17.1 Å². The molecule has 0 bridgehead atoms. The van der Waals surface area contributed by atoms with Crippen molar-refractivity contribution in [3.63, 3.8) is 0 Å². The van der Waals surface area contributed by atoms with E-state index >= 15 is 0 Å². The molecular formula is C19H19N5O2. The van der Waals surface area contributed by atoms with Crippen LogP contribution in [0.1, 0.15) is 11.1 Å². The monoisotopic (exact) mass is 349 g/mol. The van der Waals surface area contributed by atoms with Crippen molar-refractivity contribution in [2.75, 3.05) is 5.32 Å². The van der Waals surface area contributed by atoms with E-state index in [1.54, 1.807) is 24.5 Å². The molecule has 0 saturated carbocycles. The summed E-state index contributed by atoms with van der Waals surface area (Å²) in [6, 6.07) is 14.5. The first-order valence-electron chi connectivity index (χ1n) is 8.03. The molecule has 1 aromatic heterocycles. The number of rotatable bonds is 5. The van der Waals surface area contributed by atoms with Crippen molar-refractivity contribution >= 4 is 11.7 Å². The lowest BCUT2D eigenvalue weighted by molar-refractivity contribution is 0.252. The van der Waals surface area contributed by atoms with Gasteiger partial charge in [-0.25, -0.2) is 20.6 Å². The molecule has 2 amide bonds. The predicted octanol–water partition coefficient (Wildman–Crippen LogP) is 3.03. The fourth-order valence-electron chi connectivity index (χ4n) is 2.48. The number of amides is 2. The molecule has 1 heterocycles. The van der Waals surface area contributed by atoms with Crippen LogP contribution in [0.15, 0.2) is 60.9 Å². The van der Waals surface area contributed by atoms with E-state index in [1.807, 2.05) is 48.7 Å². The number of hydrazine groups is 1. The van der Waals surface area contributed by atoms with Crippen LogP contribution >= 0.6 is 0 Å². The second-order valence-corrected chi connectivity index (χ2v) is 5.60. The number of para-hydroxylation sites is 1. The van der Waals surface area contributed by atoms with Gasteiger partial charge >= 0.3 is 6.03 Å². The Bertz CT molecular complexity index is 899. The smallest absolute Gasteiger partial charge is 0.333 e. The number of nitrogens with two attached hydrogens (primary N) is 1. The van der Waals surface area contributed by atoms with Gasteiger partial charge in [0.15, 0.2) is 5.82 Å². The molecule has 0 fully saturated rings. The third kappa shape index (κ3) is 4.14. The van der Waals surface area contributed by atoms with E-state index < -0.39 is 6.03 Å². The van der Waals surface area contributed by atoms with Crippen LogP contribution in [-0.4, -0.2) is 16.0 Å². The van der Waals surface area contributed by atoms with Crippen molar-refractivity contribution in [3.05, 3.63) is 72.1 Å². The molecule has 26 heavy (non-hydrogen) atoms. The van der Waals surface area contributed by atoms with Gasteiger partial charge in [-0.15, -0.1) is 0 Å². The first-order valence-corrected chi connectivity index (χ1v) is 8.03.